The maximum atomic E-state index is 9.59. The summed E-state index contributed by atoms with van der Waals surface area (Å²) < 4.78 is 2.14. The van der Waals surface area contributed by atoms with Crippen molar-refractivity contribution in [2.45, 2.75) is 6.92 Å². The molecule has 0 spiro atoms. The Hall–Kier alpha value is -1.62. The van der Waals surface area contributed by atoms with Crippen molar-refractivity contribution in [2.75, 3.05) is 0 Å². The van der Waals surface area contributed by atoms with E-state index in [1.165, 1.54) is 0 Å². The minimum Gasteiger partial charge on any atom is -0.504 e. The van der Waals surface area contributed by atoms with Gasteiger partial charge in [-0.25, -0.2) is 4.98 Å². The second-order valence-corrected chi connectivity index (χ2v) is 3.32. The third kappa shape index (κ3) is 1.42. The molecule has 0 amide bonds. The number of nitrogens with one attached hydrogen (secondary N) is 1. The fraction of sp³-hybridized carbons (Fsp3) is 0.111. The summed E-state index contributed by atoms with van der Waals surface area (Å²) in [5, 5.41) is 9.59. The standard InChI is InChI=1S/C9H9N3OS/c1-6-2-3-7(13)8(11-6)12-5-4-10-9(12)14/h2-5,13H,1H3,(H,10,14). The lowest BCUT2D eigenvalue weighted by molar-refractivity contribution is 0.468. The molecule has 72 valence electrons. The third-order valence-corrected chi connectivity index (χ3v) is 2.19. The predicted molar refractivity (Wildman–Crippen MR) is 55.2 cm³/mol. The van der Waals surface area contributed by atoms with Gasteiger partial charge in [-0.1, -0.05) is 0 Å². The first-order chi connectivity index (χ1) is 6.68. The van der Waals surface area contributed by atoms with Gasteiger partial charge in [0, 0.05) is 18.1 Å². The highest BCUT2D eigenvalue weighted by Crippen LogP contribution is 2.19. The molecule has 0 bridgehead atoms. The Morgan fingerprint density at radius 2 is 2.29 bits per heavy atom. The Labute approximate surface area is 85.9 Å². The Bertz CT molecular complexity index is 515. The summed E-state index contributed by atoms with van der Waals surface area (Å²) in [5.41, 5.74) is 0.834. The van der Waals surface area contributed by atoms with E-state index in [-0.39, 0.29) is 5.75 Å². The summed E-state index contributed by atoms with van der Waals surface area (Å²) >= 11 is 5.03. The van der Waals surface area contributed by atoms with Crippen molar-refractivity contribution < 1.29 is 5.11 Å². The number of aromatic amines is 1. The van der Waals surface area contributed by atoms with Crippen LogP contribution in [0, 0.1) is 11.7 Å². The lowest BCUT2D eigenvalue weighted by Gasteiger charge is -2.04. The van der Waals surface area contributed by atoms with Gasteiger partial charge in [-0.15, -0.1) is 0 Å². The van der Waals surface area contributed by atoms with E-state index in [0.29, 0.717) is 10.6 Å². The zero-order chi connectivity index (χ0) is 10.1. The van der Waals surface area contributed by atoms with Crippen LogP contribution in [-0.4, -0.2) is 19.6 Å². The number of rotatable bonds is 1. The molecule has 2 rings (SSSR count). The zero-order valence-corrected chi connectivity index (χ0v) is 8.38. The molecule has 14 heavy (non-hydrogen) atoms. The molecular formula is C9H9N3OS. The molecule has 5 heteroatoms. The molecule has 2 aromatic heterocycles. The summed E-state index contributed by atoms with van der Waals surface area (Å²) in [6.07, 6.45) is 3.43. The van der Waals surface area contributed by atoms with Crippen molar-refractivity contribution in [2.24, 2.45) is 0 Å². The average molecular weight is 207 g/mol. The third-order valence-electron chi connectivity index (χ3n) is 1.87. The van der Waals surface area contributed by atoms with Crippen LogP contribution in [0.2, 0.25) is 0 Å². The number of aromatic hydroxyl groups is 1. The van der Waals surface area contributed by atoms with Crippen LogP contribution in [0.5, 0.6) is 5.75 Å². The minimum absolute atomic E-state index is 0.117. The normalized spacial score (nSPS) is 10.4. The van der Waals surface area contributed by atoms with E-state index >= 15 is 0 Å². The Kier molecular flexibility index (Phi) is 2.09. The Balaban J connectivity index is 2.68. The predicted octanol–water partition coefficient (Wildman–Crippen LogP) is 1.94. The molecule has 0 saturated carbocycles. The topological polar surface area (TPSA) is 53.8 Å². The molecule has 0 aliphatic carbocycles. The fourth-order valence-corrected chi connectivity index (χ4v) is 1.42. The van der Waals surface area contributed by atoms with Crippen molar-refractivity contribution in [3.63, 3.8) is 0 Å². The summed E-state index contributed by atoms with van der Waals surface area (Å²) in [5.74, 6) is 0.572. The van der Waals surface area contributed by atoms with E-state index in [1.54, 1.807) is 29.1 Å². The largest absolute Gasteiger partial charge is 0.504 e. The SMILES string of the molecule is Cc1ccc(O)c(-n2cc[nH]c2=S)n1. The van der Waals surface area contributed by atoms with Gasteiger partial charge in [0.15, 0.2) is 16.3 Å². The lowest BCUT2D eigenvalue weighted by atomic mass is 10.3. The fourth-order valence-electron chi connectivity index (χ4n) is 1.20. The van der Waals surface area contributed by atoms with E-state index in [0.717, 1.165) is 5.69 Å². The van der Waals surface area contributed by atoms with Crippen LogP contribution < -0.4 is 0 Å². The number of aromatic nitrogens is 3. The number of hydrogen-bond donors (Lipinski definition) is 2. The van der Waals surface area contributed by atoms with E-state index in [2.05, 4.69) is 9.97 Å². The first kappa shape index (κ1) is 8.96. The van der Waals surface area contributed by atoms with Crippen LogP contribution in [0.4, 0.5) is 0 Å². The van der Waals surface area contributed by atoms with Gasteiger partial charge in [0.1, 0.15) is 0 Å². The highest BCUT2D eigenvalue weighted by molar-refractivity contribution is 7.71. The van der Waals surface area contributed by atoms with Gasteiger partial charge in [-0.2, -0.15) is 0 Å². The Morgan fingerprint density at radius 3 is 2.93 bits per heavy atom. The molecule has 0 saturated heterocycles. The molecular weight excluding hydrogens is 198 g/mol. The number of H-pyrrole nitrogens is 1. The zero-order valence-electron chi connectivity index (χ0n) is 7.56. The number of imidazole rings is 1. The monoisotopic (exact) mass is 207 g/mol. The van der Waals surface area contributed by atoms with Gasteiger partial charge < -0.3 is 10.1 Å². The summed E-state index contributed by atoms with van der Waals surface area (Å²) in [6, 6.07) is 3.35. The van der Waals surface area contributed by atoms with Gasteiger partial charge >= 0.3 is 0 Å². The molecule has 0 fully saturated rings. The van der Waals surface area contributed by atoms with Crippen molar-refractivity contribution in [1.82, 2.24) is 14.5 Å². The van der Waals surface area contributed by atoms with Gasteiger partial charge in [-0.3, -0.25) is 4.57 Å². The van der Waals surface area contributed by atoms with E-state index < -0.39 is 0 Å². The second kappa shape index (κ2) is 3.26. The van der Waals surface area contributed by atoms with Crippen LogP contribution in [0.25, 0.3) is 5.82 Å². The van der Waals surface area contributed by atoms with Crippen molar-refractivity contribution >= 4 is 12.2 Å². The van der Waals surface area contributed by atoms with Crippen LogP contribution in [-0.2, 0) is 0 Å². The quantitative estimate of drug-likeness (QED) is 0.703. The van der Waals surface area contributed by atoms with Crippen molar-refractivity contribution in [3.05, 3.63) is 35.0 Å². The average Bonchev–Trinajstić information content (AvgIpc) is 2.56. The van der Waals surface area contributed by atoms with E-state index in [4.69, 9.17) is 12.2 Å². The molecule has 0 atom stereocenters. The van der Waals surface area contributed by atoms with Crippen LogP contribution in [0.1, 0.15) is 5.69 Å². The maximum Gasteiger partial charge on any atom is 0.183 e. The number of nitrogens with zero attached hydrogens (tertiary/aromatic N) is 2. The first-order valence-electron chi connectivity index (χ1n) is 4.11. The number of pyridine rings is 1. The van der Waals surface area contributed by atoms with Gasteiger partial charge in [0.2, 0.25) is 0 Å². The van der Waals surface area contributed by atoms with Gasteiger partial charge in [-0.05, 0) is 31.3 Å². The number of aryl methyl sites for hydroxylation is 1. The first-order valence-corrected chi connectivity index (χ1v) is 4.52. The van der Waals surface area contributed by atoms with E-state index in [9.17, 15) is 5.11 Å². The van der Waals surface area contributed by atoms with Crippen LogP contribution in [0.15, 0.2) is 24.5 Å². The molecule has 0 unspecified atom stereocenters. The van der Waals surface area contributed by atoms with Crippen LogP contribution in [0.3, 0.4) is 0 Å². The summed E-state index contributed by atoms with van der Waals surface area (Å²) in [7, 11) is 0. The minimum atomic E-state index is 0.117. The molecule has 2 N–H and O–H groups in total. The Morgan fingerprint density at radius 1 is 1.50 bits per heavy atom. The van der Waals surface area contributed by atoms with Crippen molar-refractivity contribution in [1.29, 1.82) is 0 Å². The summed E-state index contributed by atoms with van der Waals surface area (Å²) in [6.45, 7) is 1.86. The second-order valence-electron chi connectivity index (χ2n) is 2.93. The lowest BCUT2D eigenvalue weighted by Crippen LogP contribution is -1.97. The molecule has 0 radical (unpaired) electrons. The summed E-state index contributed by atoms with van der Waals surface area (Å²) in [4.78, 5) is 7.04. The van der Waals surface area contributed by atoms with Crippen molar-refractivity contribution in [3.8, 4) is 11.6 Å². The van der Waals surface area contributed by atoms with E-state index in [1.807, 2.05) is 6.92 Å². The number of hydrogen-bond acceptors (Lipinski definition) is 3. The molecule has 4 nitrogen and oxygen atoms in total. The molecule has 2 aromatic rings. The van der Waals surface area contributed by atoms with Gasteiger partial charge in [0.05, 0.1) is 0 Å². The van der Waals surface area contributed by atoms with Gasteiger partial charge in [0.25, 0.3) is 0 Å². The molecule has 0 aliphatic heterocycles. The molecule has 2 heterocycles. The smallest absolute Gasteiger partial charge is 0.183 e. The highest BCUT2D eigenvalue weighted by atomic mass is 32.1. The highest BCUT2D eigenvalue weighted by Gasteiger charge is 2.05. The molecule has 0 aromatic carbocycles. The van der Waals surface area contributed by atoms with Crippen LogP contribution >= 0.6 is 12.2 Å². The molecule has 0 aliphatic rings. The maximum absolute atomic E-state index is 9.59.